The Morgan fingerprint density at radius 3 is 2.50 bits per heavy atom. The van der Waals surface area contributed by atoms with Crippen LogP contribution in [0.1, 0.15) is 25.7 Å². The van der Waals surface area contributed by atoms with Gasteiger partial charge in [-0.1, -0.05) is 30.4 Å². The minimum Gasteiger partial charge on any atom is -0.469 e. The van der Waals surface area contributed by atoms with Gasteiger partial charge in [-0.15, -0.1) is 0 Å². The Hall–Kier alpha value is -0.573. The number of hydrogen-bond acceptors (Lipinski definition) is 2. The van der Waals surface area contributed by atoms with E-state index in [0.29, 0.717) is 6.42 Å². The maximum atomic E-state index is 11.2. The van der Waals surface area contributed by atoms with Gasteiger partial charge >= 0.3 is 5.97 Å². The predicted octanol–water partition coefficient (Wildman–Crippen LogP) is 2.91. The molecule has 0 bridgehead atoms. The molecule has 1 aliphatic carbocycles. The average molecular weight is 212 g/mol. The normalized spacial score (nSPS) is 17.4. The molecule has 1 aliphatic rings. The first-order valence-corrected chi connectivity index (χ1v) is 8.73. The lowest BCUT2D eigenvalue weighted by Gasteiger charge is -2.20. The summed E-state index contributed by atoms with van der Waals surface area (Å²) >= 11 is 0. The summed E-state index contributed by atoms with van der Waals surface area (Å²) in [6.07, 6.45) is 4.07. The van der Waals surface area contributed by atoms with Crippen LogP contribution >= 0.6 is 0 Å². The largest absolute Gasteiger partial charge is 0.469 e. The Labute approximate surface area is 87.3 Å². The van der Waals surface area contributed by atoms with Crippen molar-refractivity contribution in [3.63, 3.8) is 0 Å². The summed E-state index contributed by atoms with van der Waals surface area (Å²) in [6, 6.07) is 0. The minimum atomic E-state index is -1.19. The summed E-state index contributed by atoms with van der Waals surface area (Å²) in [5.41, 5.74) is 1.37. The molecule has 0 aromatic heterocycles. The van der Waals surface area contributed by atoms with E-state index in [2.05, 4.69) is 19.6 Å². The lowest BCUT2D eigenvalue weighted by Crippen LogP contribution is -2.24. The number of rotatable bonds is 3. The number of hydrogen-bond donors (Lipinski definition) is 0. The molecule has 0 atom stereocenters. The summed E-state index contributed by atoms with van der Waals surface area (Å²) in [7, 11) is 0.269. The molecule has 0 aromatic carbocycles. The smallest absolute Gasteiger partial charge is 0.309 e. The first-order valence-electron chi connectivity index (χ1n) is 5.23. The quantitative estimate of drug-likeness (QED) is 0.531. The van der Waals surface area contributed by atoms with E-state index in [1.54, 1.807) is 5.20 Å². The van der Waals surface area contributed by atoms with Gasteiger partial charge in [0.1, 0.15) is 0 Å². The summed E-state index contributed by atoms with van der Waals surface area (Å²) in [5.74, 6) is -0.0855. The van der Waals surface area contributed by atoms with Gasteiger partial charge in [-0.25, -0.2) is 0 Å². The summed E-state index contributed by atoms with van der Waals surface area (Å²) in [4.78, 5) is 11.2. The van der Waals surface area contributed by atoms with Crippen LogP contribution < -0.4 is 0 Å². The summed E-state index contributed by atoms with van der Waals surface area (Å²) in [5, 5.41) is 1.60. The molecule has 1 rings (SSSR count). The van der Waals surface area contributed by atoms with Crippen LogP contribution in [0.4, 0.5) is 0 Å². The van der Waals surface area contributed by atoms with Gasteiger partial charge in [0.2, 0.25) is 0 Å². The van der Waals surface area contributed by atoms with Crippen LogP contribution in [0.2, 0.25) is 19.6 Å². The number of carbonyl (C=O) groups excluding carboxylic acids is 1. The molecule has 0 amide bonds. The van der Waals surface area contributed by atoms with Crippen molar-refractivity contribution in [3.8, 4) is 0 Å². The zero-order valence-corrected chi connectivity index (χ0v) is 10.6. The van der Waals surface area contributed by atoms with Gasteiger partial charge < -0.3 is 4.74 Å². The molecule has 0 saturated carbocycles. The molecule has 14 heavy (non-hydrogen) atoms. The Morgan fingerprint density at radius 2 is 2.00 bits per heavy atom. The molecule has 0 saturated heterocycles. The third-order valence-electron chi connectivity index (χ3n) is 2.82. The maximum absolute atomic E-state index is 11.2. The van der Waals surface area contributed by atoms with Gasteiger partial charge in [-0.3, -0.25) is 4.79 Å². The molecule has 0 heterocycles. The highest BCUT2D eigenvalue weighted by Crippen LogP contribution is 2.34. The average Bonchev–Trinajstić information content (AvgIpc) is 2.51. The fourth-order valence-electron chi connectivity index (χ4n) is 2.15. The molecule has 0 radical (unpaired) electrons. The lowest BCUT2D eigenvalue weighted by molar-refractivity contribution is -0.139. The van der Waals surface area contributed by atoms with E-state index in [9.17, 15) is 4.79 Å². The van der Waals surface area contributed by atoms with Crippen molar-refractivity contribution in [2.24, 2.45) is 0 Å². The van der Waals surface area contributed by atoms with Crippen molar-refractivity contribution in [2.45, 2.75) is 45.3 Å². The molecule has 0 aromatic rings. The van der Waals surface area contributed by atoms with Gasteiger partial charge in [-0.2, -0.15) is 0 Å². The van der Waals surface area contributed by atoms with Gasteiger partial charge in [-0.05, 0) is 19.3 Å². The zero-order valence-electron chi connectivity index (χ0n) is 9.64. The van der Waals surface area contributed by atoms with Crippen LogP contribution in [0.15, 0.2) is 10.8 Å². The van der Waals surface area contributed by atoms with Crippen molar-refractivity contribution < 1.29 is 9.53 Å². The molecule has 2 nitrogen and oxygen atoms in total. The topological polar surface area (TPSA) is 26.3 Å². The second-order valence-electron chi connectivity index (χ2n) is 4.94. The second kappa shape index (κ2) is 4.30. The number of methoxy groups -OCH3 is 1. The Kier molecular flexibility index (Phi) is 3.53. The zero-order chi connectivity index (χ0) is 10.8. The van der Waals surface area contributed by atoms with E-state index in [4.69, 9.17) is 4.74 Å². The van der Waals surface area contributed by atoms with Crippen molar-refractivity contribution in [2.75, 3.05) is 7.11 Å². The monoisotopic (exact) mass is 212 g/mol. The van der Waals surface area contributed by atoms with Crippen LogP contribution in [0.3, 0.4) is 0 Å². The third-order valence-corrected chi connectivity index (χ3v) is 5.24. The molecular formula is C11H20O2Si. The van der Waals surface area contributed by atoms with Gasteiger partial charge in [0, 0.05) is 0 Å². The fraction of sp³-hybridized carbons (Fsp3) is 0.727. The number of allylic oxidation sites excluding steroid dienone is 1. The van der Waals surface area contributed by atoms with E-state index in [1.807, 2.05) is 0 Å². The highest BCUT2D eigenvalue weighted by molar-refractivity contribution is 6.83. The van der Waals surface area contributed by atoms with E-state index < -0.39 is 8.07 Å². The second-order valence-corrected chi connectivity index (χ2v) is 10.0. The van der Waals surface area contributed by atoms with E-state index in [1.165, 1.54) is 25.5 Å². The predicted molar refractivity (Wildman–Crippen MR) is 60.9 cm³/mol. The van der Waals surface area contributed by atoms with Crippen LogP contribution in [0, 0.1) is 0 Å². The number of ether oxygens (including phenoxy) is 1. The minimum absolute atomic E-state index is 0.0855. The maximum Gasteiger partial charge on any atom is 0.309 e. The standard InChI is InChI=1S/C11H20O2Si/c1-13-11(12)8-9-6-5-7-10(9)14(2,3)4/h5-8H2,1-4H3. The highest BCUT2D eigenvalue weighted by Gasteiger charge is 2.27. The van der Waals surface area contributed by atoms with Crippen LogP contribution in [0.25, 0.3) is 0 Å². The van der Waals surface area contributed by atoms with Gasteiger partial charge in [0.05, 0.1) is 21.6 Å². The van der Waals surface area contributed by atoms with E-state index in [0.717, 1.165) is 6.42 Å². The van der Waals surface area contributed by atoms with E-state index >= 15 is 0 Å². The lowest BCUT2D eigenvalue weighted by atomic mass is 10.2. The third kappa shape index (κ3) is 2.71. The van der Waals surface area contributed by atoms with Crippen molar-refractivity contribution in [1.82, 2.24) is 0 Å². The molecule has 3 heteroatoms. The Morgan fingerprint density at radius 1 is 1.36 bits per heavy atom. The molecular weight excluding hydrogens is 192 g/mol. The van der Waals surface area contributed by atoms with Crippen LogP contribution in [-0.2, 0) is 9.53 Å². The number of carbonyl (C=O) groups is 1. The molecule has 0 spiro atoms. The SMILES string of the molecule is COC(=O)CC1=C([Si](C)(C)C)CCC1. The number of esters is 1. The first kappa shape index (κ1) is 11.5. The Bertz CT molecular complexity index is 261. The Balaban J connectivity index is 2.78. The van der Waals surface area contributed by atoms with Gasteiger partial charge in [0.15, 0.2) is 0 Å². The first-order chi connectivity index (χ1) is 6.45. The summed E-state index contributed by atoms with van der Waals surface area (Å²) in [6.45, 7) is 7.06. The molecule has 0 aliphatic heterocycles. The van der Waals surface area contributed by atoms with E-state index in [-0.39, 0.29) is 5.97 Å². The highest BCUT2D eigenvalue weighted by atomic mass is 28.3. The molecule has 0 unspecified atom stereocenters. The molecule has 0 N–H and O–H groups in total. The molecule has 0 fully saturated rings. The van der Waals surface area contributed by atoms with Crippen molar-refractivity contribution in [3.05, 3.63) is 10.8 Å². The van der Waals surface area contributed by atoms with Crippen LogP contribution in [0.5, 0.6) is 0 Å². The van der Waals surface area contributed by atoms with Crippen molar-refractivity contribution in [1.29, 1.82) is 0 Å². The fourth-order valence-corrected chi connectivity index (χ4v) is 4.35. The van der Waals surface area contributed by atoms with Crippen molar-refractivity contribution >= 4 is 14.0 Å². The molecule has 80 valence electrons. The van der Waals surface area contributed by atoms with Crippen LogP contribution in [-0.4, -0.2) is 21.2 Å². The summed E-state index contributed by atoms with van der Waals surface area (Å²) < 4.78 is 4.72. The van der Waals surface area contributed by atoms with Gasteiger partial charge in [0.25, 0.3) is 0 Å².